The maximum atomic E-state index is 12.4. The predicted molar refractivity (Wildman–Crippen MR) is 109 cm³/mol. The molecule has 2 N–H and O–H groups in total. The maximum absolute atomic E-state index is 12.4. The third-order valence-corrected chi connectivity index (χ3v) is 5.23. The Morgan fingerprint density at radius 1 is 0.933 bits per heavy atom. The number of aromatic nitrogens is 2. The van der Waals surface area contributed by atoms with E-state index in [1.54, 1.807) is 36.4 Å². The largest absolute Gasteiger partial charge is 0.449 e. The second-order valence-corrected chi connectivity index (χ2v) is 7.79. The Hall–Kier alpha value is -3.79. The molecule has 0 aliphatic heterocycles. The maximum Gasteiger partial charge on any atom is 0.338 e. The lowest BCUT2D eigenvalue weighted by Gasteiger charge is -2.14. The lowest BCUT2D eigenvalue weighted by molar-refractivity contribution is -0.123. The van der Waals surface area contributed by atoms with Crippen molar-refractivity contribution < 1.29 is 22.7 Å². The molecular weight excluding hydrogens is 408 g/mol. The zero-order valence-corrected chi connectivity index (χ0v) is 16.7. The molecule has 154 valence electrons. The van der Waals surface area contributed by atoms with Gasteiger partial charge in [0.1, 0.15) is 0 Å². The molecule has 3 aromatic rings. The van der Waals surface area contributed by atoms with E-state index in [-0.39, 0.29) is 10.8 Å². The number of hydrogen-bond acceptors (Lipinski definition) is 7. The predicted octanol–water partition coefficient (Wildman–Crippen LogP) is 2.46. The molecule has 0 spiro atoms. The SMILES string of the molecule is C[C@@H](OC(=O)c1ccccc1)C(=O)Nc1ccc(S(=O)(=O)Nc2ncccn2)cc1. The van der Waals surface area contributed by atoms with Crippen molar-refractivity contribution in [1.29, 1.82) is 0 Å². The standard InChI is InChI=1S/C20H18N4O5S/c1-14(29-19(26)15-6-3-2-4-7-15)18(25)23-16-8-10-17(11-9-16)30(27,28)24-20-21-12-5-13-22-20/h2-14H,1H3,(H,23,25)(H,21,22,24)/t14-/m1/s1. The molecule has 30 heavy (non-hydrogen) atoms. The molecule has 0 aliphatic carbocycles. The van der Waals surface area contributed by atoms with E-state index in [1.165, 1.54) is 43.6 Å². The number of rotatable bonds is 7. The van der Waals surface area contributed by atoms with Gasteiger partial charge in [-0.3, -0.25) is 4.79 Å². The number of amides is 1. The number of benzene rings is 2. The number of carbonyl (C=O) groups excluding carboxylic acids is 2. The first kappa shape index (κ1) is 20.9. The van der Waals surface area contributed by atoms with Gasteiger partial charge in [-0.25, -0.2) is 27.9 Å². The number of carbonyl (C=O) groups is 2. The summed E-state index contributed by atoms with van der Waals surface area (Å²) >= 11 is 0. The second-order valence-electron chi connectivity index (χ2n) is 6.11. The Bertz CT molecular complexity index is 1120. The van der Waals surface area contributed by atoms with E-state index in [4.69, 9.17) is 4.74 Å². The summed E-state index contributed by atoms with van der Waals surface area (Å²) in [6, 6.07) is 15.4. The zero-order chi connectivity index (χ0) is 21.6. The molecule has 2 aromatic carbocycles. The number of sulfonamides is 1. The summed E-state index contributed by atoms with van der Waals surface area (Å²) in [5.74, 6) is -1.22. The summed E-state index contributed by atoms with van der Waals surface area (Å²) in [4.78, 5) is 31.9. The lowest BCUT2D eigenvalue weighted by atomic mass is 10.2. The smallest absolute Gasteiger partial charge is 0.338 e. The van der Waals surface area contributed by atoms with Gasteiger partial charge in [0, 0.05) is 18.1 Å². The van der Waals surface area contributed by atoms with Crippen molar-refractivity contribution in [3.05, 3.63) is 78.6 Å². The van der Waals surface area contributed by atoms with Crippen molar-refractivity contribution in [2.45, 2.75) is 17.9 Å². The molecule has 0 unspecified atom stereocenters. The summed E-state index contributed by atoms with van der Waals surface area (Å²) < 4.78 is 32.1. The Labute approximate surface area is 173 Å². The fourth-order valence-electron chi connectivity index (χ4n) is 2.35. The number of hydrogen-bond donors (Lipinski definition) is 2. The van der Waals surface area contributed by atoms with Crippen LogP contribution in [0.3, 0.4) is 0 Å². The third kappa shape index (κ3) is 5.39. The summed E-state index contributed by atoms with van der Waals surface area (Å²) in [7, 11) is -3.88. The molecule has 1 amide bonds. The molecule has 0 aliphatic rings. The number of ether oxygens (including phenoxy) is 1. The molecule has 0 saturated carbocycles. The van der Waals surface area contributed by atoms with Gasteiger partial charge >= 0.3 is 5.97 Å². The van der Waals surface area contributed by atoms with E-state index in [1.807, 2.05) is 0 Å². The molecule has 1 aromatic heterocycles. The first-order chi connectivity index (χ1) is 14.3. The fourth-order valence-corrected chi connectivity index (χ4v) is 3.31. The highest BCUT2D eigenvalue weighted by molar-refractivity contribution is 7.92. The van der Waals surface area contributed by atoms with Crippen LogP contribution in [0.15, 0.2) is 78.0 Å². The monoisotopic (exact) mass is 426 g/mol. The van der Waals surface area contributed by atoms with Gasteiger partial charge in [0.2, 0.25) is 5.95 Å². The molecule has 1 atom stereocenters. The normalized spacial score (nSPS) is 11.9. The highest BCUT2D eigenvalue weighted by Gasteiger charge is 2.20. The van der Waals surface area contributed by atoms with E-state index >= 15 is 0 Å². The lowest BCUT2D eigenvalue weighted by Crippen LogP contribution is -2.30. The zero-order valence-electron chi connectivity index (χ0n) is 15.8. The summed E-state index contributed by atoms with van der Waals surface area (Å²) in [5, 5.41) is 2.57. The van der Waals surface area contributed by atoms with E-state index in [0.29, 0.717) is 11.3 Å². The molecule has 9 nitrogen and oxygen atoms in total. The molecule has 1 heterocycles. The number of esters is 1. The van der Waals surface area contributed by atoms with Crippen molar-refractivity contribution in [2.75, 3.05) is 10.0 Å². The van der Waals surface area contributed by atoms with Crippen molar-refractivity contribution in [2.24, 2.45) is 0 Å². The molecule has 10 heteroatoms. The second kappa shape index (κ2) is 9.14. The van der Waals surface area contributed by atoms with E-state index in [2.05, 4.69) is 20.0 Å². The minimum atomic E-state index is -3.88. The van der Waals surface area contributed by atoms with Crippen LogP contribution < -0.4 is 10.0 Å². The number of anilines is 2. The van der Waals surface area contributed by atoms with Crippen molar-refractivity contribution in [3.63, 3.8) is 0 Å². The van der Waals surface area contributed by atoms with Crippen LogP contribution in [-0.2, 0) is 19.6 Å². The van der Waals surface area contributed by atoms with Gasteiger partial charge in [0.15, 0.2) is 6.10 Å². The minimum Gasteiger partial charge on any atom is -0.449 e. The Morgan fingerprint density at radius 3 is 2.20 bits per heavy atom. The fraction of sp³-hybridized carbons (Fsp3) is 0.100. The van der Waals surface area contributed by atoms with Crippen LogP contribution in [0.4, 0.5) is 11.6 Å². The van der Waals surface area contributed by atoms with Crippen molar-refractivity contribution in [3.8, 4) is 0 Å². The van der Waals surface area contributed by atoms with Crippen LogP contribution in [0.1, 0.15) is 17.3 Å². The first-order valence-corrected chi connectivity index (χ1v) is 10.3. The van der Waals surface area contributed by atoms with E-state index in [9.17, 15) is 18.0 Å². The number of nitrogens with one attached hydrogen (secondary N) is 2. The Kier molecular flexibility index (Phi) is 6.38. The molecule has 0 bridgehead atoms. The Morgan fingerprint density at radius 2 is 1.57 bits per heavy atom. The average molecular weight is 426 g/mol. The van der Waals surface area contributed by atoms with Gasteiger partial charge in [0.05, 0.1) is 10.5 Å². The van der Waals surface area contributed by atoms with Crippen LogP contribution in [0.2, 0.25) is 0 Å². The van der Waals surface area contributed by atoms with Gasteiger partial charge in [-0.15, -0.1) is 0 Å². The molecule has 3 rings (SSSR count). The van der Waals surface area contributed by atoms with Crippen LogP contribution in [0.25, 0.3) is 0 Å². The van der Waals surface area contributed by atoms with Crippen LogP contribution in [0.5, 0.6) is 0 Å². The van der Waals surface area contributed by atoms with Gasteiger partial charge in [-0.1, -0.05) is 18.2 Å². The van der Waals surface area contributed by atoms with Crippen molar-refractivity contribution in [1.82, 2.24) is 9.97 Å². The highest BCUT2D eigenvalue weighted by Crippen LogP contribution is 2.17. The topological polar surface area (TPSA) is 127 Å². The van der Waals surface area contributed by atoms with Gasteiger partial charge in [-0.05, 0) is 49.4 Å². The summed E-state index contributed by atoms with van der Waals surface area (Å²) in [5.41, 5.74) is 0.680. The van der Waals surface area contributed by atoms with Gasteiger partial charge in [0.25, 0.3) is 15.9 Å². The Balaban J connectivity index is 1.60. The van der Waals surface area contributed by atoms with Gasteiger partial charge < -0.3 is 10.1 Å². The van der Waals surface area contributed by atoms with E-state index < -0.39 is 28.0 Å². The molecule has 0 fully saturated rings. The first-order valence-electron chi connectivity index (χ1n) is 8.82. The third-order valence-electron chi connectivity index (χ3n) is 3.89. The molecular formula is C20H18N4O5S. The highest BCUT2D eigenvalue weighted by atomic mass is 32.2. The van der Waals surface area contributed by atoms with Gasteiger partial charge in [-0.2, -0.15) is 0 Å². The van der Waals surface area contributed by atoms with Crippen LogP contribution >= 0.6 is 0 Å². The average Bonchev–Trinajstić information content (AvgIpc) is 2.75. The summed E-state index contributed by atoms with van der Waals surface area (Å²) in [6.45, 7) is 1.44. The minimum absolute atomic E-state index is 0.0310. The summed E-state index contributed by atoms with van der Waals surface area (Å²) in [6.07, 6.45) is 1.78. The quantitative estimate of drug-likeness (QED) is 0.556. The molecule has 0 radical (unpaired) electrons. The van der Waals surface area contributed by atoms with E-state index in [0.717, 1.165) is 0 Å². The number of nitrogens with zero attached hydrogens (tertiary/aromatic N) is 2. The molecule has 0 saturated heterocycles. The van der Waals surface area contributed by atoms with Crippen molar-refractivity contribution >= 4 is 33.5 Å². The van der Waals surface area contributed by atoms with Crippen LogP contribution in [-0.4, -0.2) is 36.4 Å². The van der Waals surface area contributed by atoms with Crippen LogP contribution in [0, 0.1) is 0 Å².